The molecular weight excluding hydrogens is 239 g/mol. The molecule has 0 atom stereocenters. The lowest BCUT2D eigenvalue weighted by Gasteiger charge is -2.30. The third-order valence-electron chi connectivity index (χ3n) is 3.51. The van der Waals surface area contributed by atoms with Gasteiger partial charge in [0, 0.05) is 26.2 Å². The SMILES string of the molecule is Fc1ccc(-c2ccccc2)cc1N1CCNCC1. The van der Waals surface area contributed by atoms with Crippen molar-refractivity contribution in [3.63, 3.8) is 0 Å². The number of nitrogens with one attached hydrogen (secondary N) is 1. The monoisotopic (exact) mass is 256 g/mol. The number of rotatable bonds is 2. The van der Waals surface area contributed by atoms with Gasteiger partial charge in [0.1, 0.15) is 5.82 Å². The fraction of sp³-hybridized carbons (Fsp3) is 0.250. The van der Waals surface area contributed by atoms with Crippen LogP contribution in [0, 0.1) is 5.82 Å². The van der Waals surface area contributed by atoms with Crippen LogP contribution in [0.25, 0.3) is 11.1 Å². The van der Waals surface area contributed by atoms with Gasteiger partial charge in [0.05, 0.1) is 5.69 Å². The van der Waals surface area contributed by atoms with Crippen molar-refractivity contribution in [2.75, 3.05) is 31.1 Å². The first-order valence-electron chi connectivity index (χ1n) is 6.65. The quantitative estimate of drug-likeness (QED) is 0.888. The van der Waals surface area contributed by atoms with Gasteiger partial charge in [-0.25, -0.2) is 4.39 Å². The Balaban J connectivity index is 1.96. The summed E-state index contributed by atoms with van der Waals surface area (Å²) in [5.41, 5.74) is 2.90. The Kier molecular flexibility index (Phi) is 3.47. The number of halogens is 1. The van der Waals surface area contributed by atoms with E-state index in [4.69, 9.17) is 0 Å². The molecule has 2 aromatic rings. The smallest absolute Gasteiger partial charge is 0.146 e. The third kappa shape index (κ3) is 2.61. The molecule has 1 fully saturated rings. The van der Waals surface area contributed by atoms with E-state index in [-0.39, 0.29) is 5.82 Å². The first kappa shape index (κ1) is 12.2. The maximum absolute atomic E-state index is 14.0. The number of benzene rings is 2. The van der Waals surface area contributed by atoms with Crippen LogP contribution in [0.4, 0.5) is 10.1 Å². The van der Waals surface area contributed by atoms with Gasteiger partial charge in [0.15, 0.2) is 0 Å². The Morgan fingerprint density at radius 3 is 2.37 bits per heavy atom. The lowest BCUT2D eigenvalue weighted by Crippen LogP contribution is -2.43. The molecule has 1 heterocycles. The van der Waals surface area contributed by atoms with Crippen molar-refractivity contribution in [3.05, 3.63) is 54.3 Å². The first-order chi connectivity index (χ1) is 9.34. The lowest BCUT2D eigenvalue weighted by atomic mass is 10.0. The van der Waals surface area contributed by atoms with Gasteiger partial charge < -0.3 is 10.2 Å². The highest BCUT2D eigenvalue weighted by Crippen LogP contribution is 2.27. The van der Waals surface area contributed by atoms with Gasteiger partial charge >= 0.3 is 0 Å². The van der Waals surface area contributed by atoms with Crippen LogP contribution < -0.4 is 10.2 Å². The molecular formula is C16H17FN2. The topological polar surface area (TPSA) is 15.3 Å². The molecule has 0 amide bonds. The lowest BCUT2D eigenvalue weighted by molar-refractivity contribution is 0.566. The van der Waals surface area contributed by atoms with E-state index in [1.165, 1.54) is 0 Å². The van der Waals surface area contributed by atoms with Gasteiger partial charge in [-0.05, 0) is 23.3 Å². The van der Waals surface area contributed by atoms with E-state index in [2.05, 4.69) is 22.3 Å². The third-order valence-corrected chi connectivity index (χ3v) is 3.51. The van der Waals surface area contributed by atoms with Crippen LogP contribution in [0.2, 0.25) is 0 Å². The number of hydrogen-bond donors (Lipinski definition) is 1. The molecule has 1 aliphatic heterocycles. The van der Waals surface area contributed by atoms with Crippen molar-refractivity contribution in [1.82, 2.24) is 5.32 Å². The summed E-state index contributed by atoms with van der Waals surface area (Å²) in [6, 6.07) is 15.5. The number of anilines is 1. The fourth-order valence-electron chi connectivity index (χ4n) is 2.47. The van der Waals surface area contributed by atoms with Crippen molar-refractivity contribution in [1.29, 1.82) is 0 Å². The summed E-state index contributed by atoms with van der Waals surface area (Å²) in [6.45, 7) is 3.54. The largest absolute Gasteiger partial charge is 0.367 e. The molecule has 0 aliphatic carbocycles. The summed E-state index contributed by atoms with van der Waals surface area (Å²) in [7, 11) is 0. The Morgan fingerprint density at radius 2 is 1.63 bits per heavy atom. The molecule has 2 nitrogen and oxygen atoms in total. The Bertz CT molecular complexity index is 548. The molecule has 0 aromatic heterocycles. The van der Waals surface area contributed by atoms with Gasteiger partial charge in [0.2, 0.25) is 0 Å². The second-order valence-electron chi connectivity index (χ2n) is 4.77. The summed E-state index contributed by atoms with van der Waals surface area (Å²) >= 11 is 0. The zero-order valence-corrected chi connectivity index (χ0v) is 10.8. The molecule has 1 saturated heterocycles. The molecule has 3 rings (SSSR count). The number of hydrogen-bond acceptors (Lipinski definition) is 2. The fourth-order valence-corrected chi connectivity index (χ4v) is 2.47. The van der Waals surface area contributed by atoms with Gasteiger partial charge in [-0.15, -0.1) is 0 Å². The minimum absolute atomic E-state index is 0.137. The van der Waals surface area contributed by atoms with Crippen molar-refractivity contribution < 1.29 is 4.39 Å². The molecule has 3 heteroatoms. The molecule has 0 spiro atoms. The first-order valence-corrected chi connectivity index (χ1v) is 6.65. The van der Waals surface area contributed by atoms with E-state index in [1.807, 2.05) is 30.3 Å². The van der Waals surface area contributed by atoms with Gasteiger partial charge in [-0.2, -0.15) is 0 Å². The van der Waals surface area contributed by atoms with Gasteiger partial charge in [0.25, 0.3) is 0 Å². The van der Waals surface area contributed by atoms with Crippen molar-refractivity contribution >= 4 is 5.69 Å². The predicted octanol–water partition coefficient (Wildman–Crippen LogP) is 2.90. The van der Waals surface area contributed by atoms with E-state index in [1.54, 1.807) is 6.07 Å². The van der Waals surface area contributed by atoms with Crippen LogP contribution in [0.1, 0.15) is 0 Å². The summed E-state index contributed by atoms with van der Waals surface area (Å²) < 4.78 is 14.0. The second kappa shape index (κ2) is 5.41. The zero-order valence-electron chi connectivity index (χ0n) is 10.8. The Hall–Kier alpha value is -1.87. The highest BCUT2D eigenvalue weighted by molar-refractivity contribution is 5.69. The summed E-state index contributed by atoms with van der Waals surface area (Å²) in [4.78, 5) is 2.11. The maximum atomic E-state index is 14.0. The Labute approximate surface area is 112 Å². The predicted molar refractivity (Wildman–Crippen MR) is 76.9 cm³/mol. The van der Waals surface area contributed by atoms with Crippen molar-refractivity contribution in [2.24, 2.45) is 0 Å². The average molecular weight is 256 g/mol. The van der Waals surface area contributed by atoms with Gasteiger partial charge in [-0.1, -0.05) is 36.4 Å². The zero-order chi connectivity index (χ0) is 13.1. The number of piperazine rings is 1. The number of nitrogens with zero attached hydrogens (tertiary/aromatic N) is 1. The van der Waals surface area contributed by atoms with Crippen LogP contribution in [0.3, 0.4) is 0 Å². The second-order valence-corrected chi connectivity index (χ2v) is 4.77. The van der Waals surface area contributed by atoms with Crippen LogP contribution in [0.5, 0.6) is 0 Å². The molecule has 0 unspecified atom stereocenters. The van der Waals surface area contributed by atoms with E-state index in [0.29, 0.717) is 5.69 Å². The van der Waals surface area contributed by atoms with Crippen molar-refractivity contribution in [2.45, 2.75) is 0 Å². The van der Waals surface area contributed by atoms with Crippen molar-refractivity contribution in [3.8, 4) is 11.1 Å². The molecule has 98 valence electrons. The van der Waals surface area contributed by atoms with Gasteiger partial charge in [-0.3, -0.25) is 0 Å². The van der Waals surface area contributed by atoms with Crippen LogP contribution in [-0.4, -0.2) is 26.2 Å². The molecule has 19 heavy (non-hydrogen) atoms. The van der Waals surface area contributed by atoms with E-state index >= 15 is 0 Å². The normalized spacial score (nSPS) is 15.5. The van der Waals surface area contributed by atoms with Crippen LogP contribution >= 0.6 is 0 Å². The summed E-state index contributed by atoms with van der Waals surface area (Å²) in [5, 5.41) is 3.29. The minimum atomic E-state index is -0.137. The van der Waals surface area contributed by atoms with E-state index < -0.39 is 0 Å². The average Bonchev–Trinajstić information content (AvgIpc) is 2.49. The van der Waals surface area contributed by atoms with E-state index in [9.17, 15) is 4.39 Å². The molecule has 0 radical (unpaired) electrons. The van der Waals surface area contributed by atoms with Crippen LogP contribution in [0.15, 0.2) is 48.5 Å². The summed E-state index contributed by atoms with van der Waals surface area (Å²) in [6.07, 6.45) is 0. The minimum Gasteiger partial charge on any atom is -0.367 e. The summed E-state index contributed by atoms with van der Waals surface area (Å²) in [5.74, 6) is -0.137. The van der Waals surface area contributed by atoms with Crippen LogP contribution in [-0.2, 0) is 0 Å². The standard InChI is InChI=1S/C16H17FN2/c17-15-7-6-14(13-4-2-1-3-5-13)12-16(15)19-10-8-18-9-11-19/h1-7,12,18H,8-11H2. The molecule has 0 bridgehead atoms. The van der Waals surface area contributed by atoms with E-state index in [0.717, 1.165) is 37.3 Å². The highest BCUT2D eigenvalue weighted by Gasteiger charge is 2.15. The Morgan fingerprint density at radius 1 is 0.895 bits per heavy atom. The highest BCUT2D eigenvalue weighted by atomic mass is 19.1. The maximum Gasteiger partial charge on any atom is 0.146 e. The molecule has 2 aromatic carbocycles. The molecule has 1 N–H and O–H groups in total. The molecule has 0 saturated carbocycles. The molecule has 1 aliphatic rings.